The summed E-state index contributed by atoms with van der Waals surface area (Å²) in [6.07, 6.45) is 4.68. The first-order valence-corrected chi connectivity index (χ1v) is 8.71. The highest BCUT2D eigenvalue weighted by Crippen LogP contribution is 2.21. The maximum atomic E-state index is 12.7. The molecule has 3 heterocycles. The van der Waals surface area contributed by atoms with Gasteiger partial charge in [-0.15, -0.1) is 0 Å². The first-order valence-electron chi connectivity index (χ1n) is 8.71. The standard InChI is InChI=1S/C20H20N4O2/c1-13-5-4-9-21-16(13)8-10-24-19(25)18(23-20(24)26)11-14-12-22-17-7-3-2-6-15(14)17/h2-7,9,12,18,22H,8,10-11H2,1H3,(H,23,26)/t18-/m1/s1. The minimum Gasteiger partial charge on any atom is -0.361 e. The molecule has 1 atom stereocenters. The number of H-pyrrole nitrogens is 1. The highest BCUT2D eigenvalue weighted by molar-refractivity contribution is 6.04. The van der Waals surface area contributed by atoms with Crippen LogP contribution in [0.5, 0.6) is 0 Å². The van der Waals surface area contributed by atoms with E-state index < -0.39 is 6.04 Å². The molecule has 6 heteroatoms. The van der Waals surface area contributed by atoms with Gasteiger partial charge in [-0.1, -0.05) is 24.3 Å². The van der Waals surface area contributed by atoms with Crippen LogP contribution in [0, 0.1) is 6.92 Å². The van der Waals surface area contributed by atoms with E-state index in [1.807, 2.05) is 49.5 Å². The summed E-state index contributed by atoms with van der Waals surface area (Å²) in [6.45, 7) is 2.32. The quantitative estimate of drug-likeness (QED) is 0.696. The van der Waals surface area contributed by atoms with E-state index in [0.717, 1.165) is 27.7 Å². The molecule has 0 aliphatic carbocycles. The molecule has 26 heavy (non-hydrogen) atoms. The predicted octanol–water partition coefficient (Wildman–Crippen LogP) is 2.58. The van der Waals surface area contributed by atoms with E-state index in [2.05, 4.69) is 15.3 Å². The molecular formula is C20H20N4O2. The minimum absolute atomic E-state index is 0.172. The second-order valence-electron chi connectivity index (χ2n) is 6.57. The lowest BCUT2D eigenvalue weighted by atomic mass is 10.0. The van der Waals surface area contributed by atoms with E-state index in [-0.39, 0.29) is 11.9 Å². The number of fused-ring (bicyclic) bond motifs is 1. The van der Waals surface area contributed by atoms with E-state index >= 15 is 0 Å². The maximum absolute atomic E-state index is 12.7. The molecule has 1 aromatic carbocycles. The fourth-order valence-electron chi connectivity index (χ4n) is 3.45. The Balaban J connectivity index is 1.46. The van der Waals surface area contributed by atoms with E-state index in [1.165, 1.54) is 4.90 Å². The summed E-state index contributed by atoms with van der Waals surface area (Å²) in [7, 11) is 0. The lowest BCUT2D eigenvalue weighted by Gasteiger charge is -2.13. The number of hydrogen-bond acceptors (Lipinski definition) is 3. The van der Waals surface area contributed by atoms with Gasteiger partial charge in [0.05, 0.1) is 0 Å². The van der Waals surface area contributed by atoms with Crippen molar-refractivity contribution in [2.45, 2.75) is 25.8 Å². The molecule has 6 nitrogen and oxygen atoms in total. The molecule has 0 radical (unpaired) electrons. The molecule has 1 fully saturated rings. The number of nitrogens with zero attached hydrogens (tertiary/aromatic N) is 2. The Hall–Kier alpha value is -3.15. The van der Waals surface area contributed by atoms with Gasteiger partial charge in [0.1, 0.15) is 6.04 Å². The van der Waals surface area contributed by atoms with Crippen molar-refractivity contribution in [1.82, 2.24) is 20.2 Å². The maximum Gasteiger partial charge on any atom is 0.324 e. The van der Waals surface area contributed by atoms with Gasteiger partial charge >= 0.3 is 6.03 Å². The molecule has 1 aliphatic rings. The van der Waals surface area contributed by atoms with Crippen molar-refractivity contribution < 1.29 is 9.59 Å². The van der Waals surface area contributed by atoms with Gasteiger partial charge in [-0.05, 0) is 30.2 Å². The van der Waals surface area contributed by atoms with Crippen LogP contribution in [0.15, 0.2) is 48.8 Å². The number of hydrogen-bond donors (Lipinski definition) is 2. The number of aromatic nitrogens is 2. The van der Waals surface area contributed by atoms with Crippen LogP contribution in [0.1, 0.15) is 16.8 Å². The summed E-state index contributed by atoms with van der Waals surface area (Å²) in [5.74, 6) is -0.172. The zero-order chi connectivity index (χ0) is 18.1. The Morgan fingerprint density at radius 1 is 1.15 bits per heavy atom. The molecule has 0 saturated carbocycles. The van der Waals surface area contributed by atoms with Crippen molar-refractivity contribution in [3.05, 3.63) is 65.6 Å². The van der Waals surface area contributed by atoms with Gasteiger partial charge in [-0.25, -0.2) is 4.79 Å². The number of nitrogens with one attached hydrogen (secondary N) is 2. The molecule has 0 spiro atoms. The first kappa shape index (κ1) is 16.3. The van der Waals surface area contributed by atoms with Crippen molar-refractivity contribution in [2.75, 3.05) is 6.54 Å². The highest BCUT2D eigenvalue weighted by Gasteiger charge is 2.37. The summed E-state index contributed by atoms with van der Waals surface area (Å²) in [6, 6.07) is 11.0. The molecule has 1 saturated heterocycles. The molecule has 4 rings (SSSR count). The monoisotopic (exact) mass is 348 g/mol. The summed E-state index contributed by atoms with van der Waals surface area (Å²) in [4.78, 5) is 33.8. The number of para-hydroxylation sites is 1. The number of carbonyl (C=O) groups is 2. The molecule has 0 bridgehead atoms. The molecule has 2 N–H and O–H groups in total. The third-order valence-corrected chi connectivity index (χ3v) is 4.90. The number of rotatable bonds is 5. The van der Waals surface area contributed by atoms with Crippen LogP contribution < -0.4 is 5.32 Å². The SMILES string of the molecule is Cc1cccnc1CCN1C(=O)N[C@H](Cc2c[nH]c3ccccc23)C1=O. The van der Waals surface area contributed by atoms with Crippen LogP contribution in [-0.2, 0) is 17.6 Å². The van der Waals surface area contributed by atoms with Gasteiger partial charge in [0.25, 0.3) is 5.91 Å². The zero-order valence-corrected chi connectivity index (χ0v) is 14.5. The minimum atomic E-state index is -0.522. The molecule has 3 amide bonds. The van der Waals surface area contributed by atoms with Crippen LogP contribution in [-0.4, -0.2) is 39.4 Å². The number of amides is 3. The Morgan fingerprint density at radius 2 is 2.00 bits per heavy atom. The zero-order valence-electron chi connectivity index (χ0n) is 14.5. The number of imide groups is 1. The summed E-state index contributed by atoms with van der Waals surface area (Å²) >= 11 is 0. The second kappa shape index (κ2) is 6.63. The van der Waals surface area contributed by atoms with E-state index in [4.69, 9.17) is 0 Å². The van der Waals surface area contributed by atoms with Crippen LogP contribution in [0.25, 0.3) is 10.9 Å². The number of urea groups is 1. The number of carbonyl (C=O) groups excluding carboxylic acids is 2. The third kappa shape index (κ3) is 2.94. The third-order valence-electron chi connectivity index (χ3n) is 4.90. The molecule has 2 aromatic heterocycles. The lowest BCUT2D eigenvalue weighted by Crippen LogP contribution is -2.34. The van der Waals surface area contributed by atoms with Gasteiger partial charge < -0.3 is 10.3 Å². The van der Waals surface area contributed by atoms with Gasteiger partial charge in [-0.3, -0.25) is 14.7 Å². The number of aryl methyl sites for hydroxylation is 1. The van der Waals surface area contributed by atoms with Gasteiger partial charge in [0.15, 0.2) is 0 Å². The Morgan fingerprint density at radius 3 is 2.85 bits per heavy atom. The average molecular weight is 348 g/mol. The predicted molar refractivity (Wildman–Crippen MR) is 98.7 cm³/mol. The lowest BCUT2D eigenvalue weighted by molar-refractivity contribution is -0.127. The molecule has 0 unspecified atom stereocenters. The van der Waals surface area contributed by atoms with Gasteiger partial charge in [-0.2, -0.15) is 0 Å². The number of aromatic amines is 1. The number of pyridine rings is 1. The van der Waals surface area contributed by atoms with Crippen molar-refractivity contribution >= 4 is 22.8 Å². The van der Waals surface area contributed by atoms with Crippen LogP contribution in [0.4, 0.5) is 4.79 Å². The fourth-order valence-corrected chi connectivity index (χ4v) is 3.45. The molecular weight excluding hydrogens is 328 g/mol. The smallest absolute Gasteiger partial charge is 0.324 e. The van der Waals surface area contributed by atoms with Crippen molar-refractivity contribution in [1.29, 1.82) is 0 Å². The van der Waals surface area contributed by atoms with Crippen molar-refractivity contribution in [2.24, 2.45) is 0 Å². The highest BCUT2D eigenvalue weighted by atomic mass is 16.2. The second-order valence-corrected chi connectivity index (χ2v) is 6.57. The van der Waals surface area contributed by atoms with E-state index in [1.54, 1.807) is 6.20 Å². The summed E-state index contributed by atoms with van der Waals surface area (Å²) in [5.41, 5.74) is 4.03. The fraction of sp³-hybridized carbons (Fsp3) is 0.250. The van der Waals surface area contributed by atoms with Crippen molar-refractivity contribution in [3.8, 4) is 0 Å². The largest absolute Gasteiger partial charge is 0.361 e. The topological polar surface area (TPSA) is 78.1 Å². The Labute approximate surface area is 151 Å². The van der Waals surface area contributed by atoms with Crippen LogP contribution in [0.2, 0.25) is 0 Å². The number of benzene rings is 1. The Bertz CT molecular complexity index is 979. The van der Waals surface area contributed by atoms with Crippen LogP contribution in [0.3, 0.4) is 0 Å². The molecule has 132 valence electrons. The molecule has 3 aromatic rings. The normalized spacial score (nSPS) is 17.1. The Kier molecular flexibility index (Phi) is 4.16. The van der Waals surface area contributed by atoms with E-state index in [9.17, 15) is 9.59 Å². The van der Waals surface area contributed by atoms with Gasteiger partial charge in [0.2, 0.25) is 0 Å². The van der Waals surface area contributed by atoms with Crippen LogP contribution >= 0.6 is 0 Å². The van der Waals surface area contributed by atoms with E-state index in [0.29, 0.717) is 19.4 Å². The first-order chi connectivity index (χ1) is 12.6. The summed E-state index contributed by atoms with van der Waals surface area (Å²) < 4.78 is 0. The molecule has 1 aliphatic heterocycles. The average Bonchev–Trinajstić information content (AvgIpc) is 3.17. The summed E-state index contributed by atoms with van der Waals surface area (Å²) in [5, 5.41) is 3.89. The van der Waals surface area contributed by atoms with Crippen molar-refractivity contribution in [3.63, 3.8) is 0 Å². The van der Waals surface area contributed by atoms with Gasteiger partial charge in [0, 0.05) is 48.4 Å².